The number of benzene rings is 1. The summed E-state index contributed by atoms with van der Waals surface area (Å²) in [6, 6.07) is 6.22. The maximum atomic E-state index is 13.7. The predicted octanol–water partition coefficient (Wildman–Crippen LogP) is 3.53. The van der Waals surface area contributed by atoms with Crippen LogP contribution in [0.25, 0.3) is 11.1 Å². The lowest BCUT2D eigenvalue weighted by atomic mass is 10.0. The third-order valence-electron chi connectivity index (χ3n) is 2.87. The van der Waals surface area contributed by atoms with Gasteiger partial charge in [-0.3, -0.25) is 4.98 Å². The maximum Gasteiger partial charge on any atom is 0.149 e. The minimum absolute atomic E-state index is 0.276. The highest BCUT2D eigenvalue weighted by atomic mass is 19.1. The van der Waals surface area contributed by atoms with Crippen LogP contribution >= 0.6 is 0 Å². The van der Waals surface area contributed by atoms with Gasteiger partial charge in [0.15, 0.2) is 0 Å². The van der Waals surface area contributed by atoms with E-state index in [0.29, 0.717) is 23.2 Å². The van der Waals surface area contributed by atoms with E-state index in [9.17, 15) is 8.78 Å². The first-order valence-electron chi connectivity index (χ1n) is 6.31. The molecule has 0 saturated carbocycles. The van der Waals surface area contributed by atoms with Gasteiger partial charge in [0.1, 0.15) is 11.6 Å². The normalized spacial score (nSPS) is 10.7. The SMILES string of the molecule is CCCNCc1cc(-c2ccncc2F)ccc1F. The molecular weight excluding hydrogens is 246 g/mol. The minimum Gasteiger partial charge on any atom is -0.313 e. The zero-order chi connectivity index (χ0) is 13.7. The second-order valence-electron chi connectivity index (χ2n) is 4.34. The average Bonchev–Trinajstić information content (AvgIpc) is 2.42. The molecule has 19 heavy (non-hydrogen) atoms. The molecule has 2 rings (SSSR count). The molecule has 2 aromatic rings. The van der Waals surface area contributed by atoms with E-state index in [1.54, 1.807) is 18.2 Å². The Bertz CT molecular complexity index is 556. The van der Waals surface area contributed by atoms with E-state index in [0.717, 1.165) is 19.2 Å². The van der Waals surface area contributed by atoms with E-state index in [1.165, 1.54) is 12.3 Å². The number of hydrogen-bond acceptors (Lipinski definition) is 2. The first-order chi connectivity index (χ1) is 9.22. The molecule has 0 aliphatic carbocycles. The van der Waals surface area contributed by atoms with Gasteiger partial charge in [-0.1, -0.05) is 13.0 Å². The summed E-state index contributed by atoms with van der Waals surface area (Å²) in [7, 11) is 0. The molecule has 0 radical (unpaired) electrons. The first kappa shape index (κ1) is 13.6. The molecule has 4 heteroatoms. The van der Waals surface area contributed by atoms with Crippen LogP contribution < -0.4 is 5.32 Å². The highest BCUT2D eigenvalue weighted by Crippen LogP contribution is 2.24. The van der Waals surface area contributed by atoms with Gasteiger partial charge in [0.05, 0.1) is 6.20 Å². The number of rotatable bonds is 5. The van der Waals surface area contributed by atoms with Crippen molar-refractivity contribution >= 4 is 0 Å². The van der Waals surface area contributed by atoms with Crippen molar-refractivity contribution in [3.05, 3.63) is 53.9 Å². The second-order valence-corrected chi connectivity index (χ2v) is 4.34. The summed E-state index contributed by atoms with van der Waals surface area (Å²) in [6.07, 6.45) is 3.67. The quantitative estimate of drug-likeness (QED) is 0.834. The fraction of sp³-hybridized carbons (Fsp3) is 0.267. The lowest BCUT2D eigenvalue weighted by Gasteiger charge is -2.08. The summed E-state index contributed by atoms with van der Waals surface area (Å²) in [5.41, 5.74) is 1.64. The van der Waals surface area contributed by atoms with Gasteiger partial charge >= 0.3 is 0 Å². The van der Waals surface area contributed by atoms with E-state index in [2.05, 4.69) is 10.3 Å². The Hall–Kier alpha value is -1.81. The van der Waals surface area contributed by atoms with Crippen LogP contribution in [-0.2, 0) is 6.54 Å². The fourth-order valence-corrected chi connectivity index (χ4v) is 1.89. The van der Waals surface area contributed by atoms with Crippen molar-refractivity contribution in [1.82, 2.24) is 10.3 Å². The van der Waals surface area contributed by atoms with Crippen LogP contribution in [0, 0.1) is 11.6 Å². The average molecular weight is 262 g/mol. The predicted molar refractivity (Wildman–Crippen MR) is 71.6 cm³/mol. The Balaban J connectivity index is 2.28. The van der Waals surface area contributed by atoms with Gasteiger partial charge in [-0.2, -0.15) is 0 Å². The van der Waals surface area contributed by atoms with Crippen molar-refractivity contribution in [2.24, 2.45) is 0 Å². The number of pyridine rings is 1. The molecule has 1 aromatic heterocycles. The Kier molecular flexibility index (Phi) is 4.58. The highest BCUT2D eigenvalue weighted by Gasteiger charge is 2.08. The Morgan fingerprint density at radius 1 is 1.16 bits per heavy atom. The monoisotopic (exact) mass is 262 g/mol. The number of hydrogen-bond donors (Lipinski definition) is 1. The molecule has 1 N–H and O–H groups in total. The molecule has 1 heterocycles. The summed E-state index contributed by atoms with van der Waals surface area (Å²) in [4.78, 5) is 3.71. The molecule has 0 saturated heterocycles. The Morgan fingerprint density at radius 3 is 2.74 bits per heavy atom. The van der Waals surface area contributed by atoms with E-state index in [1.807, 2.05) is 6.92 Å². The van der Waals surface area contributed by atoms with Crippen LogP contribution in [-0.4, -0.2) is 11.5 Å². The van der Waals surface area contributed by atoms with Crippen LogP contribution in [0.15, 0.2) is 36.7 Å². The molecule has 0 aliphatic rings. The van der Waals surface area contributed by atoms with Gasteiger partial charge in [-0.15, -0.1) is 0 Å². The van der Waals surface area contributed by atoms with Gasteiger partial charge in [-0.25, -0.2) is 8.78 Å². The minimum atomic E-state index is -0.401. The topological polar surface area (TPSA) is 24.9 Å². The number of nitrogens with zero attached hydrogens (tertiary/aromatic N) is 1. The van der Waals surface area contributed by atoms with E-state index >= 15 is 0 Å². The Labute approximate surface area is 111 Å². The molecule has 0 fully saturated rings. The van der Waals surface area contributed by atoms with Gasteiger partial charge in [0.2, 0.25) is 0 Å². The highest BCUT2D eigenvalue weighted by molar-refractivity contribution is 5.64. The zero-order valence-corrected chi connectivity index (χ0v) is 10.8. The van der Waals surface area contributed by atoms with Crippen molar-refractivity contribution < 1.29 is 8.78 Å². The standard InChI is InChI=1S/C15H16F2N2/c1-2-6-18-9-12-8-11(3-4-14(12)16)13-5-7-19-10-15(13)17/h3-5,7-8,10,18H,2,6,9H2,1H3. The molecule has 0 aliphatic heterocycles. The summed E-state index contributed by atoms with van der Waals surface area (Å²) in [6.45, 7) is 3.32. The molecule has 1 aromatic carbocycles. The zero-order valence-electron chi connectivity index (χ0n) is 10.8. The van der Waals surface area contributed by atoms with Gasteiger partial charge in [0.25, 0.3) is 0 Å². The number of aromatic nitrogens is 1. The van der Waals surface area contributed by atoms with E-state index in [4.69, 9.17) is 0 Å². The molecule has 100 valence electrons. The maximum absolute atomic E-state index is 13.7. The third kappa shape index (κ3) is 3.35. The van der Waals surface area contributed by atoms with Crippen molar-refractivity contribution in [1.29, 1.82) is 0 Å². The summed E-state index contributed by atoms with van der Waals surface area (Å²) in [5.74, 6) is -0.677. The molecular formula is C15H16F2N2. The van der Waals surface area contributed by atoms with Crippen LogP contribution in [0.5, 0.6) is 0 Å². The van der Waals surface area contributed by atoms with Crippen molar-refractivity contribution in [2.75, 3.05) is 6.54 Å². The largest absolute Gasteiger partial charge is 0.313 e. The van der Waals surface area contributed by atoms with Crippen molar-refractivity contribution in [3.63, 3.8) is 0 Å². The number of nitrogens with one attached hydrogen (secondary N) is 1. The van der Waals surface area contributed by atoms with E-state index < -0.39 is 5.82 Å². The van der Waals surface area contributed by atoms with Gasteiger partial charge in [0, 0.05) is 23.9 Å². The van der Waals surface area contributed by atoms with Crippen molar-refractivity contribution in [3.8, 4) is 11.1 Å². The van der Waals surface area contributed by atoms with Crippen LogP contribution in [0.1, 0.15) is 18.9 Å². The molecule has 0 amide bonds. The lowest BCUT2D eigenvalue weighted by Crippen LogP contribution is -2.14. The summed E-state index contributed by atoms with van der Waals surface area (Å²) in [5, 5.41) is 3.14. The first-order valence-corrected chi connectivity index (χ1v) is 6.31. The van der Waals surface area contributed by atoms with Crippen LogP contribution in [0.2, 0.25) is 0 Å². The molecule has 0 bridgehead atoms. The van der Waals surface area contributed by atoms with E-state index in [-0.39, 0.29) is 5.82 Å². The fourth-order valence-electron chi connectivity index (χ4n) is 1.89. The lowest BCUT2D eigenvalue weighted by molar-refractivity contribution is 0.586. The van der Waals surface area contributed by atoms with Crippen LogP contribution in [0.3, 0.4) is 0 Å². The smallest absolute Gasteiger partial charge is 0.149 e. The third-order valence-corrected chi connectivity index (χ3v) is 2.87. The molecule has 2 nitrogen and oxygen atoms in total. The van der Waals surface area contributed by atoms with Crippen LogP contribution in [0.4, 0.5) is 8.78 Å². The summed E-state index contributed by atoms with van der Waals surface area (Å²) < 4.78 is 27.3. The Morgan fingerprint density at radius 2 is 2.00 bits per heavy atom. The molecule has 0 unspecified atom stereocenters. The van der Waals surface area contributed by atoms with Crippen molar-refractivity contribution in [2.45, 2.75) is 19.9 Å². The summed E-state index contributed by atoms with van der Waals surface area (Å²) >= 11 is 0. The van der Waals surface area contributed by atoms with Gasteiger partial charge < -0.3 is 5.32 Å². The second kappa shape index (κ2) is 6.38. The molecule has 0 atom stereocenters. The molecule has 0 spiro atoms. The number of halogens is 2. The van der Waals surface area contributed by atoms with Gasteiger partial charge in [-0.05, 0) is 36.7 Å².